The number of nitrogens with one attached hydrogen (secondary N) is 1. The average Bonchev–Trinajstić information content (AvgIpc) is 2.68. The van der Waals surface area contributed by atoms with Crippen LogP contribution in [0.2, 0.25) is 0 Å². The predicted molar refractivity (Wildman–Crippen MR) is 104 cm³/mol. The van der Waals surface area contributed by atoms with Gasteiger partial charge in [0.15, 0.2) is 0 Å². The number of pyridine rings is 1. The Bertz CT molecular complexity index is 1010. The van der Waals surface area contributed by atoms with Crippen LogP contribution in [0.3, 0.4) is 0 Å². The van der Waals surface area contributed by atoms with Crippen LogP contribution in [0.4, 0.5) is 5.69 Å². The van der Waals surface area contributed by atoms with Crippen molar-refractivity contribution in [2.45, 2.75) is 19.8 Å². The van der Waals surface area contributed by atoms with Gasteiger partial charge in [0.2, 0.25) is 0 Å². The first-order valence-corrected chi connectivity index (χ1v) is 8.55. The lowest BCUT2D eigenvalue weighted by molar-refractivity contribution is -0.384. The van der Waals surface area contributed by atoms with Gasteiger partial charge in [-0.15, -0.1) is 0 Å². The maximum Gasteiger partial charge on any atom is 0.272 e. The van der Waals surface area contributed by atoms with Crippen molar-refractivity contribution in [3.8, 4) is 0 Å². The summed E-state index contributed by atoms with van der Waals surface area (Å²) in [5.74, 6) is -0.330. The minimum atomic E-state index is -0.467. The SMILES string of the molecule is CCCc1cc(C(=O)N/N=C/c2ccc([N+](=O)[O-])cc2)c2ccccc2n1. The molecule has 2 aromatic carbocycles. The Kier molecular flexibility index (Phi) is 5.51. The first-order chi connectivity index (χ1) is 13.1. The lowest BCUT2D eigenvalue weighted by Gasteiger charge is -2.08. The highest BCUT2D eigenvalue weighted by molar-refractivity contribution is 6.06. The lowest BCUT2D eigenvalue weighted by atomic mass is 10.1. The number of aromatic nitrogens is 1. The third-order valence-electron chi connectivity index (χ3n) is 4.00. The molecule has 1 aromatic heterocycles. The van der Waals surface area contributed by atoms with E-state index in [-0.39, 0.29) is 11.6 Å². The summed E-state index contributed by atoms with van der Waals surface area (Å²) in [6.07, 6.45) is 3.17. The highest BCUT2D eigenvalue weighted by Crippen LogP contribution is 2.19. The summed E-state index contributed by atoms with van der Waals surface area (Å²) in [5, 5.41) is 15.4. The van der Waals surface area contributed by atoms with E-state index in [1.54, 1.807) is 18.2 Å². The monoisotopic (exact) mass is 362 g/mol. The Morgan fingerprint density at radius 3 is 2.67 bits per heavy atom. The number of non-ortho nitro benzene ring substituents is 1. The van der Waals surface area contributed by atoms with Crippen molar-refractivity contribution in [3.63, 3.8) is 0 Å². The zero-order valence-corrected chi connectivity index (χ0v) is 14.8. The first-order valence-electron chi connectivity index (χ1n) is 8.55. The number of hydrogen-bond donors (Lipinski definition) is 1. The number of aryl methyl sites for hydroxylation is 1. The molecule has 0 saturated carbocycles. The van der Waals surface area contributed by atoms with E-state index >= 15 is 0 Å². The van der Waals surface area contributed by atoms with Crippen molar-refractivity contribution < 1.29 is 9.72 Å². The number of amides is 1. The van der Waals surface area contributed by atoms with Crippen LogP contribution in [0.1, 0.15) is 35.0 Å². The Balaban J connectivity index is 1.80. The molecule has 1 N–H and O–H groups in total. The molecule has 7 nitrogen and oxygen atoms in total. The topological polar surface area (TPSA) is 97.5 Å². The number of nitro benzene ring substituents is 1. The molecule has 0 aliphatic heterocycles. The number of carbonyl (C=O) groups is 1. The molecule has 136 valence electrons. The van der Waals surface area contributed by atoms with Crippen LogP contribution < -0.4 is 5.43 Å². The zero-order chi connectivity index (χ0) is 19.2. The van der Waals surface area contributed by atoms with E-state index in [9.17, 15) is 14.9 Å². The third-order valence-corrected chi connectivity index (χ3v) is 4.00. The number of nitrogens with zero attached hydrogens (tertiary/aromatic N) is 3. The molecule has 0 aliphatic carbocycles. The number of hydrazone groups is 1. The molecule has 1 amide bonds. The number of nitro groups is 1. The van der Waals surface area contributed by atoms with Gasteiger partial charge in [-0.1, -0.05) is 31.5 Å². The standard InChI is InChI=1S/C20H18N4O3/c1-2-5-15-12-18(17-6-3-4-7-19(17)22-15)20(25)23-21-13-14-8-10-16(11-9-14)24(26)27/h3-4,6-13H,2,5H2,1H3,(H,23,25)/b21-13+. The van der Waals surface area contributed by atoms with Crippen molar-refractivity contribution in [1.29, 1.82) is 0 Å². The van der Waals surface area contributed by atoms with Crippen LogP contribution in [0, 0.1) is 10.1 Å². The average molecular weight is 362 g/mol. The van der Waals surface area contributed by atoms with Crippen LogP contribution in [-0.4, -0.2) is 22.0 Å². The second-order valence-corrected chi connectivity index (χ2v) is 5.98. The number of para-hydroxylation sites is 1. The quantitative estimate of drug-likeness (QED) is 0.409. The number of hydrogen-bond acceptors (Lipinski definition) is 5. The van der Waals surface area contributed by atoms with Crippen molar-refractivity contribution in [2.24, 2.45) is 5.10 Å². The summed E-state index contributed by atoms with van der Waals surface area (Å²) in [7, 11) is 0. The summed E-state index contributed by atoms with van der Waals surface area (Å²) < 4.78 is 0. The molecule has 0 atom stereocenters. The summed E-state index contributed by atoms with van der Waals surface area (Å²) in [6.45, 7) is 2.06. The normalized spacial score (nSPS) is 11.0. The molecule has 0 bridgehead atoms. The van der Waals surface area contributed by atoms with Gasteiger partial charge in [-0.05, 0) is 36.2 Å². The number of carbonyl (C=O) groups excluding carboxylic acids is 1. The maximum absolute atomic E-state index is 12.6. The molecule has 0 unspecified atom stereocenters. The number of rotatable bonds is 6. The van der Waals surface area contributed by atoms with E-state index in [0.29, 0.717) is 11.1 Å². The molecule has 0 radical (unpaired) electrons. The van der Waals surface area contributed by atoms with Gasteiger partial charge in [0.25, 0.3) is 11.6 Å². The second-order valence-electron chi connectivity index (χ2n) is 5.98. The van der Waals surface area contributed by atoms with Crippen molar-refractivity contribution >= 4 is 28.7 Å². The molecule has 3 aromatic rings. The van der Waals surface area contributed by atoms with Gasteiger partial charge in [0.05, 0.1) is 22.2 Å². The highest BCUT2D eigenvalue weighted by Gasteiger charge is 2.12. The molecule has 0 aliphatic rings. The van der Waals surface area contributed by atoms with Crippen LogP contribution in [-0.2, 0) is 6.42 Å². The first kappa shape index (κ1) is 18.2. The number of benzene rings is 2. The Hall–Kier alpha value is -3.61. The van der Waals surface area contributed by atoms with Gasteiger partial charge in [-0.3, -0.25) is 19.9 Å². The van der Waals surface area contributed by atoms with Gasteiger partial charge < -0.3 is 0 Å². The molecule has 0 fully saturated rings. The van der Waals surface area contributed by atoms with Gasteiger partial charge in [0.1, 0.15) is 0 Å². The third kappa shape index (κ3) is 4.33. The molecule has 3 rings (SSSR count). The van der Waals surface area contributed by atoms with E-state index < -0.39 is 4.92 Å². The van der Waals surface area contributed by atoms with Crippen molar-refractivity contribution in [3.05, 3.63) is 81.5 Å². The van der Waals surface area contributed by atoms with Crippen molar-refractivity contribution in [1.82, 2.24) is 10.4 Å². The molecule has 7 heteroatoms. The maximum atomic E-state index is 12.6. The van der Waals surface area contributed by atoms with Crippen LogP contribution in [0.25, 0.3) is 10.9 Å². The highest BCUT2D eigenvalue weighted by atomic mass is 16.6. The van der Waals surface area contributed by atoms with Gasteiger partial charge >= 0.3 is 0 Å². The van der Waals surface area contributed by atoms with Gasteiger partial charge in [-0.25, -0.2) is 5.43 Å². The Morgan fingerprint density at radius 2 is 1.96 bits per heavy atom. The van der Waals surface area contributed by atoms with E-state index in [4.69, 9.17) is 0 Å². The van der Waals surface area contributed by atoms with Gasteiger partial charge in [0, 0.05) is 23.2 Å². The molecule has 27 heavy (non-hydrogen) atoms. The Morgan fingerprint density at radius 1 is 1.22 bits per heavy atom. The van der Waals surface area contributed by atoms with Crippen LogP contribution >= 0.6 is 0 Å². The fourth-order valence-electron chi connectivity index (χ4n) is 2.71. The van der Waals surface area contributed by atoms with E-state index in [2.05, 4.69) is 22.4 Å². The zero-order valence-electron chi connectivity index (χ0n) is 14.8. The van der Waals surface area contributed by atoms with E-state index in [1.807, 2.05) is 24.3 Å². The molecule has 0 saturated heterocycles. The number of fused-ring (bicyclic) bond motifs is 1. The molecule has 1 heterocycles. The fourth-order valence-corrected chi connectivity index (χ4v) is 2.71. The minimum absolute atomic E-state index is 0.00268. The summed E-state index contributed by atoms with van der Waals surface area (Å²) >= 11 is 0. The van der Waals surface area contributed by atoms with Crippen molar-refractivity contribution in [2.75, 3.05) is 0 Å². The van der Waals surface area contributed by atoms with E-state index in [0.717, 1.165) is 29.4 Å². The smallest absolute Gasteiger partial charge is 0.267 e. The van der Waals surface area contributed by atoms with Gasteiger partial charge in [-0.2, -0.15) is 5.10 Å². The largest absolute Gasteiger partial charge is 0.272 e. The van der Waals surface area contributed by atoms with E-state index in [1.165, 1.54) is 18.3 Å². The minimum Gasteiger partial charge on any atom is -0.267 e. The summed E-state index contributed by atoms with van der Waals surface area (Å²) in [5.41, 5.74) is 5.31. The summed E-state index contributed by atoms with van der Waals surface area (Å²) in [4.78, 5) is 27.4. The molecule has 0 spiro atoms. The van der Waals surface area contributed by atoms with Crippen LogP contribution in [0.15, 0.2) is 59.7 Å². The lowest BCUT2D eigenvalue weighted by Crippen LogP contribution is -2.18. The molecular weight excluding hydrogens is 344 g/mol. The Labute approximate surface area is 155 Å². The molecular formula is C20H18N4O3. The predicted octanol–water partition coefficient (Wildman–Crippen LogP) is 3.86. The summed E-state index contributed by atoms with van der Waals surface area (Å²) in [6, 6.07) is 15.2. The fraction of sp³-hybridized carbons (Fsp3) is 0.150. The van der Waals surface area contributed by atoms with Crippen LogP contribution in [0.5, 0.6) is 0 Å². The second kappa shape index (κ2) is 8.18.